The van der Waals surface area contributed by atoms with Crippen LogP contribution in [0.2, 0.25) is 0 Å². The van der Waals surface area contributed by atoms with Gasteiger partial charge in [-0.15, -0.1) is 0 Å². The van der Waals surface area contributed by atoms with Gasteiger partial charge in [0, 0.05) is 31.5 Å². The Morgan fingerprint density at radius 2 is 1.84 bits per heavy atom. The van der Waals surface area contributed by atoms with Gasteiger partial charge in [0.15, 0.2) is 5.78 Å². The standard InChI is InChI=1S/C20H27NO4/c1-14(22)15-5-6-17-16(13-15)7-8-20(24-17)9-11-21(12-10-20)18(23)25-19(2,3)4/h5-6,13H,7-12H2,1-4H3. The van der Waals surface area contributed by atoms with E-state index in [1.54, 1.807) is 11.8 Å². The van der Waals surface area contributed by atoms with Crippen LogP contribution >= 0.6 is 0 Å². The van der Waals surface area contributed by atoms with Gasteiger partial charge in [0.1, 0.15) is 17.0 Å². The Morgan fingerprint density at radius 3 is 2.44 bits per heavy atom. The Balaban J connectivity index is 1.65. The molecule has 1 amide bonds. The van der Waals surface area contributed by atoms with Crippen molar-refractivity contribution in [2.45, 2.75) is 64.6 Å². The lowest BCUT2D eigenvalue weighted by Gasteiger charge is -2.44. The van der Waals surface area contributed by atoms with Gasteiger partial charge in [0.05, 0.1) is 0 Å². The summed E-state index contributed by atoms with van der Waals surface area (Å²) in [6.45, 7) is 8.53. The zero-order chi connectivity index (χ0) is 18.2. The number of aryl methyl sites for hydroxylation is 1. The minimum absolute atomic E-state index is 0.0776. The maximum atomic E-state index is 12.2. The summed E-state index contributed by atoms with van der Waals surface area (Å²) in [6.07, 6.45) is 3.19. The van der Waals surface area contributed by atoms with Crippen LogP contribution in [-0.2, 0) is 11.2 Å². The van der Waals surface area contributed by atoms with Gasteiger partial charge in [0.2, 0.25) is 0 Å². The van der Waals surface area contributed by atoms with E-state index in [9.17, 15) is 9.59 Å². The summed E-state index contributed by atoms with van der Waals surface area (Å²) >= 11 is 0. The number of likely N-dealkylation sites (tertiary alicyclic amines) is 1. The van der Waals surface area contributed by atoms with Gasteiger partial charge in [-0.25, -0.2) is 4.79 Å². The minimum atomic E-state index is -0.471. The summed E-state index contributed by atoms with van der Waals surface area (Å²) in [4.78, 5) is 25.5. The number of benzene rings is 1. The second-order valence-corrected chi connectivity index (χ2v) is 8.13. The summed E-state index contributed by atoms with van der Waals surface area (Å²) in [5, 5.41) is 0. The van der Waals surface area contributed by atoms with Crippen molar-refractivity contribution in [3.63, 3.8) is 0 Å². The first-order valence-electron chi connectivity index (χ1n) is 8.98. The van der Waals surface area contributed by atoms with Gasteiger partial charge >= 0.3 is 6.09 Å². The van der Waals surface area contributed by atoms with Crippen molar-refractivity contribution < 1.29 is 19.1 Å². The van der Waals surface area contributed by atoms with Crippen LogP contribution in [0.1, 0.15) is 62.9 Å². The fourth-order valence-corrected chi connectivity index (χ4v) is 3.52. The summed E-state index contributed by atoms with van der Waals surface area (Å²) in [5.74, 6) is 0.954. The molecule has 1 aromatic rings. The van der Waals surface area contributed by atoms with Crippen LogP contribution in [0.3, 0.4) is 0 Å². The van der Waals surface area contributed by atoms with Gasteiger partial charge in [-0.05, 0) is 64.3 Å². The second-order valence-electron chi connectivity index (χ2n) is 8.13. The summed E-state index contributed by atoms with van der Waals surface area (Å²) in [7, 11) is 0. The Bertz CT molecular complexity index is 681. The summed E-state index contributed by atoms with van der Waals surface area (Å²) in [6, 6.07) is 5.68. The molecule has 2 aliphatic heterocycles. The Kier molecular flexibility index (Phi) is 4.52. The third-order valence-electron chi connectivity index (χ3n) is 4.97. The second kappa shape index (κ2) is 6.36. The Morgan fingerprint density at radius 1 is 1.16 bits per heavy atom. The van der Waals surface area contributed by atoms with E-state index in [4.69, 9.17) is 9.47 Å². The number of ether oxygens (including phenoxy) is 2. The lowest BCUT2D eigenvalue weighted by molar-refractivity contribution is -0.0272. The number of fused-ring (bicyclic) bond motifs is 1. The predicted octanol–water partition coefficient (Wildman–Crippen LogP) is 3.98. The van der Waals surface area contributed by atoms with Crippen molar-refractivity contribution in [3.05, 3.63) is 29.3 Å². The van der Waals surface area contributed by atoms with Crippen molar-refractivity contribution in [3.8, 4) is 5.75 Å². The van der Waals surface area contributed by atoms with Crippen molar-refractivity contribution in [1.29, 1.82) is 0 Å². The molecule has 0 bridgehead atoms. The molecule has 2 heterocycles. The molecule has 1 fully saturated rings. The van der Waals surface area contributed by atoms with E-state index in [1.165, 1.54) is 0 Å². The molecule has 0 atom stereocenters. The quantitative estimate of drug-likeness (QED) is 0.722. The first kappa shape index (κ1) is 17.8. The number of rotatable bonds is 1. The van der Waals surface area contributed by atoms with E-state index in [0.717, 1.165) is 42.6 Å². The molecule has 1 saturated heterocycles. The van der Waals surface area contributed by atoms with E-state index in [2.05, 4.69) is 0 Å². The molecule has 0 N–H and O–H groups in total. The van der Waals surface area contributed by atoms with Crippen molar-refractivity contribution in [1.82, 2.24) is 4.90 Å². The largest absolute Gasteiger partial charge is 0.487 e. The van der Waals surface area contributed by atoms with Crippen molar-refractivity contribution >= 4 is 11.9 Å². The molecule has 136 valence electrons. The van der Waals surface area contributed by atoms with E-state index >= 15 is 0 Å². The number of amides is 1. The molecule has 2 aliphatic rings. The molecular weight excluding hydrogens is 318 g/mol. The Hall–Kier alpha value is -2.04. The van der Waals surface area contributed by atoms with Crippen LogP contribution in [0, 0.1) is 0 Å². The highest BCUT2D eigenvalue weighted by Crippen LogP contribution is 2.39. The molecular formula is C20H27NO4. The lowest BCUT2D eigenvalue weighted by atomic mass is 9.83. The van der Waals surface area contributed by atoms with Crippen molar-refractivity contribution in [2.75, 3.05) is 13.1 Å². The van der Waals surface area contributed by atoms with Gasteiger partial charge < -0.3 is 14.4 Å². The highest BCUT2D eigenvalue weighted by molar-refractivity contribution is 5.94. The van der Waals surface area contributed by atoms with Gasteiger partial charge in [0.25, 0.3) is 0 Å². The third kappa shape index (κ3) is 3.97. The fourth-order valence-electron chi connectivity index (χ4n) is 3.52. The fraction of sp³-hybridized carbons (Fsp3) is 0.600. The van der Waals surface area contributed by atoms with Crippen LogP contribution in [0.25, 0.3) is 0 Å². The molecule has 1 spiro atoms. The zero-order valence-electron chi connectivity index (χ0n) is 15.6. The molecule has 0 unspecified atom stereocenters. The smallest absolute Gasteiger partial charge is 0.410 e. The Labute approximate surface area is 149 Å². The van der Waals surface area contributed by atoms with Crippen LogP contribution in [-0.4, -0.2) is 41.1 Å². The minimum Gasteiger partial charge on any atom is -0.487 e. The molecule has 3 rings (SSSR count). The first-order chi connectivity index (χ1) is 11.7. The first-order valence-corrected chi connectivity index (χ1v) is 8.98. The number of hydrogen-bond donors (Lipinski definition) is 0. The molecule has 0 saturated carbocycles. The molecule has 25 heavy (non-hydrogen) atoms. The van der Waals surface area contributed by atoms with Gasteiger partial charge in [-0.1, -0.05) is 0 Å². The van der Waals surface area contributed by atoms with E-state index in [1.807, 2.05) is 39.0 Å². The van der Waals surface area contributed by atoms with E-state index < -0.39 is 5.60 Å². The highest BCUT2D eigenvalue weighted by atomic mass is 16.6. The van der Waals surface area contributed by atoms with Crippen molar-refractivity contribution in [2.24, 2.45) is 0 Å². The maximum Gasteiger partial charge on any atom is 0.410 e. The molecule has 0 aromatic heterocycles. The lowest BCUT2D eigenvalue weighted by Crippen LogP contribution is -2.52. The number of hydrogen-bond acceptors (Lipinski definition) is 4. The van der Waals surface area contributed by atoms with E-state index in [-0.39, 0.29) is 17.5 Å². The predicted molar refractivity (Wildman–Crippen MR) is 95.2 cm³/mol. The molecule has 5 heteroatoms. The SMILES string of the molecule is CC(=O)c1ccc2c(c1)CCC1(CCN(C(=O)OC(C)(C)C)CC1)O2. The molecule has 0 aliphatic carbocycles. The molecule has 1 aromatic carbocycles. The average molecular weight is 345 g/mol. The third-order valence-corrected chi connectivity index (χ3v) is 4.97. The van der Waals surface area contributed by atoms with Crippen LogP contribution in [0.5, 0.6) is 5.75 Å². The topological polar surface area (TPSA) is 55.8 Å². The van der Waals surface area contributed by atoms with Gasteiger partial charge in [-0.3, -0.25) is 4.79 Å². The highest BCUT2D eigenvalue weighted by Gasteiger charge is 2.41. The average Bonchev–Trinajstić information content (AvgIpc) is 2.53. The van der Waals surface area contributed by atoms with Crippen LogP contribution in [0.15, 0.2) is 18.2 Å². The summed E-state index contributed by atoms with van der Waals surface area (Å²) in [5.41, 5.74) is 1.16. The monoisotopic (exact) mass is 345 g/mol. The number of carbonyl (C=O) groups is 2. The number of Topliss-reactive ketones (excluding diaryl/α,β-unsaturated/α-hetero) is 1. The number of ketones is 1. The summed E-state index contributed by atoms with van der Waals surface area (Å²) < 4.78 is 11.8. The van der Waals surface area contributed by atoms with Crippen LogP contribution < -0.4 is 4.74 Å². The maximum absolute atomic E-state index is 12.2. The number of carbonyl (C=O) groups excluding carboxylic acids is 2. The number of nitrogens with zero attached hydrogens (tertiary/aromatic N) is 1. The molecule has 0 radical (unpaired) electrons. The zero-order valence-corrected chi connectivity index (χ0v) is 15.6. The van der Waals surface area contributed by atoms with Crippen LogP contribution in [0.4, 0.5) is 4.79 Å². The number of piperidine rings is 1. The van der Waals surface area contributed by atoms with E-state index in [0.29, 0.717) is 13.1 Å². The normalized spacial score (nSPS) is 19.1. The van der Waals surface area contributed by atoms with Gasteiger partial charge in [-0.2, -0.15) is 0 Å². The molecule has 5 nitrogen and oxygen atoms in total.